The highest BCUT2D eigenvalue weighted by Gasteiger charge is 2.54. The fraction of sp³-hybridized carbons (Fsp3) is 0.259. The topological polar surface area (TPSA) is 58.6 Å². The molecular formula is C27H24ClF3N2O3. The lowest BCUT2D eigenvalue weighted by Gasteiger charge is -2.32. The Morgan fingerprint density at radius 1 is 1.00 bits per heavy atom. The van der Waals surface area contributed by atoms with Crippen molar-refractivity contribution < 1.29 is 27.5 Å². The number of anilines is 1. The third kappa shape index (κ3) is 4.91. The van der Waals surface area contributed by atoms with Crippen LogP contribution in [0.4, 0.5) is 23.7 Å². The van der Waals surface area contributed by atoms with Gasteiger partial charge in [0.05, 0.1) is 17.8 Å². The Kier molecular flexibility index (Phi) is 6.51. The molecular weight excluding hydrogens is 493 g/mol. The monoisotopic (exact) mass is 516 g/mol. The van der Waals surface area contributed by atoms with Crippen LogP contribution in [0.5, 0.6) is 0 Å². The molecule has 36 heavy (non-hydrogen) atoms. The quantitative estimate of drug-likeness (QED) is 0.421. The Hall–Kier alpha value is -3.52. The normalized spacial score (nSPS) is 17.6. The van der Waals surface area contributed by atoms with Crippen molar-refractivity contribution in [3.05, 3.63) is 100 Å². The van der Waals surface area contributed by atoms with Crippen LogP contribution < -0.4 is 10.2 Å². The van der Waals surface area contributed by atoms with Gasteiger partial charge in [0.15, 0.2) is 5.54 Å². The van der Waals surface area contributed by atoms with Gasteiger partial charge in [-0.15, -0.1) is 0 Å². The Morgan fingerprint density at radius 3 is 2.22 bits per heavy atom. The van der Waals surface area contributed by atoms with Crippen LogP contribution in [-0.4, -0.2) is 17.6 Å². The number of fused-ring (bicyclic) bond motifs is 1. The third-order valence-corrected chi connectivity index (χ3v) is 5.99. The van der Waals surface area contributed by atoms with Crippen molar-refractivity contribution in [2.24, 2.45) is 0 Å². The Morgan fingerprint density at radius 2 is 1.64 bits per heavy atom. The SMILES string of the molecule is CC(C)(C)OC(=O)N[C@@]1(c2ccc(Cl)cc2)C(=O)N(Cc2ccccc2)c2cc(C(F)(F)F)ccc21. The number of benzene rings is 3. The smallest absolute Gasteiger partial charge is 0.416 e. The van der Waals surface area contributed by atoms with Crippen LogP contribution in [0.3, 0.4) is 0 Å². The molecule has 5 nitrogen and oxygen atoms in total. The van der Waals surface area contributed by atoms with Crippen molar-refractivity contribution in [2.45, 2.75) is 44.6 Å². The predicted octanol–water partition coefficient (Wildman–Crippen LogP) is 6.67. The second kappa shape index (κ2) is 9.17. The zero-order valence-electron chi connectivity index (χ0n) is 19.8. The van der Waals surface area contributed by atoms with Crippen molar-refractivity contribution in [3.8, 4) is 0 Å². The molecule has 1 aliphatic rings. The van der Waals surface area contributed by atoms with E-state index in [4.69, 9.17) is 16.3 Å². The first kappa shape index (κ1) is 25.6. The van der Waals surface area contributed by atoms with Gasteiger partial charge < -0.3 is 9.64 Å². The minimum atomic E-state index is -4.62. The van der Waals surface area contributed by atoms with Crippen LogP contribution in [0.1, 0.15) is 43.0 Å². The maximum Gasteiger partial charge on any atom is 0.416 e. The molecule has 1 N–H and O–H groups in total. The van der Waals surface area contributed by atoms with Gasteiger partial charge in [0.25, 0.3) is 5.91 Å². The molecule has 0 saturated carbocycles. The van der Waals surface area contributed by atoms with E-state index in [1.54, 1.807) is 75.4 Å². The first-order valence-electron chi connectivity index (χ1n) is 11.2. The minimum Gasteiger partial charge on any atom is -0.444 e. The highest BCUT2D eigenvalue weighted by atomic mass is 35.5. The molecule has 2 amide bonds. The van der Waals surface area contributed by atoms with Crippen LogP contribution >= 0.6 is 11.6 Å². The van der Waals surface area contributed by atoms with Crippen LogP contribution in [0.2, 0.25) is 5.02 Å². The number of carbonyl (C=O) groups excluding carboxylic acids is 2. The zero-order chi connectivity index (χ0) is 26.3. The van der Waals surface area contributed by atoms with Crippen molar-refractivity contribution in [1.82, 2.24) is 5.32 Å². The van der Waals surface area contributed by atoms with E-state index >= 15 is 0 Å². The number of hydrogen-bond acceptors (Lipinski definition) is 3. The molecule has 188 valence electrons. The van der Waals surface area contributed by atoms with Crippen molar-refractivity contribution in [3.63, 3.8) is 0 Å². The Labute approximate surface area is 211 Å². The van der Waals surface area contributed by atoms with Crippen molar-refractivity contribution >= 4 is 29.3 Å². The number of nitrogens with zero attached hydrogens (tertiary/aromatic N) is 1. The molecule has 1 atom stereocenters. The van der Waals surface area contributed by atoms with Crippen LogP contribution in [0.15, 0.2) is 72.8 Å². The molecule has 0 aromatic heterocycles. The van der Waals surface area contributed by atoms with E-state index in [1.807, 2.05) is 0 Å². The second-order valence-electron chi connectivity index (χ2n) is 9.49. The first-order valence-corrected chi connectivity index (χ1v) is 11.5. The summed E-state index contributed by atoms with van der Waals surface area (Å²) in [6.07, 6.45) is -5.51. The number of carbonyl (C=O) groups is 2. The summed E-state index contributed by atoms with van der Waals surface area (Å²) in [5, 5.41) is 3.08. The van der Waals surface area contributed by atoms with Crippen LogP contribution in [0.25, 0.3) is 0 Å². The maximum atomic E-state index is 14.2. The lowest BCUT2D eigenvalue weighted by Crippen LogP contribution is -2.54. The van der Waals surface area contributed by atoms with E-state index < -0.39 is 34.9 Å². The van der Waals surface area contributed by atoms with E-state index in [-0.39, 0.29) is 17.8 Å². The zero-order valence-corrected chi connectivity index (χ0v) is 20.6. The number of nitrogens with one attached hydrogen (secondary N) is 1. The van der Waals surface area contributed by atoms with Gasteiger partial charge >= 0.3 is 12.3 Å². The molecule has 1 aliphatic heterocycles. The van der Waals surface area contributed by atoms with Crippen molar-refractivity contribution in [1.29, 1.82) is 0 Å². The second-order valence-corrected chi connectivity index (χ2v) is 9.93. The molecule has 0 bridgehead atoms. The number of alkyl carbamates (subject to hydrolysis) is 1. The van der Waals surface area contributed by atoms with E-state index in [1.165, 1.54) is 11.0 Å². The van der Waals surface area contributed by atoms with E-state index in [2.05, 4.69) is 5.32 Å². The summed E-state index contributed by atoms with van der Waals surface area (Å²) in [5.74, 6) is -0.617. The minimum absolute atomic E-state index is 0.000673. The highest BCUT2D eigenvalue weighted by molar-refractivity contribution is 6.30. The maximum absolute atomic E-state index is 14.2. The molecule has 3 aromatic carbocycles. The molecule has 4 rings (SSSR count). The van der Waals surface area contributed by atoms with E-state index in [0.29, 0.717) is 16.1 Å². The average Bonchev–Trinajstić information content (AvgIpc) is 3.01. The largest absolute Gasteiger partial charge is 0.444 e. The standard InChI is InChI=1S/C27H24ClF3N2O3/c1-25(2,3)36-24(35)32-26(18-9-12-20(28)13-10-18)21-14-11-19(27(29,30)31)15-22(21)33(23(26)34)16-17-7-5-4-6-8-17/h4-15H,16H2,1-3H3,(H,32,35)/t26-/m1/s1. The fourth-order valence-electron chi connectivity index (χ4n) is 4.23. The molecule has 0 aliphatic carbocycles. The number of halogens is 4. The van der Waals surface area contributed by atoms with Gasteiger partial charge in [-0.3, -0.25) is 10.1 Å². The third-order valence-electron chi connectivity index (χ3n) is 5.74. The van der Waals surface area contributed by atoms with Crippen LogP contribution in [-0.2, 0) is 27.8 Å². The average molecular weight is 517 g/mol. The number of rotatable bonds is 4. The number of amides is 2. The summed E-state index contributed by atoms with van der Waals surface area (Å²) in [7, 11) is 0. The molecule has 3 aromatic rings. The molecule has 1 heterocycles. The van der Waals surface area contributed by atoms with Gasteiger partial charge in [-0.25, -0.2) is 4.79 Å². The first-order chi connectivity index (χ1) is 16.8. The summed E-state index contributed by atoms with van der Waals surface area (Å²) in [6, 6.07) is 18.2. The van der Waals surface area contributed by atoms with Gasteiger partial charge in [0, 0.05) is 10.6 Å². The lowest BCUT2D eigenvalue weighted by molar-refractivity contribution is -0.137. The van der Waals surface area contributed by atoms with Gasteiger partial charge in [0.2, 0.25) is 0 Å². The summed E-state index contributed by atoms with van der Waals surface area (Å²) >= 11 is 6.07. The molecule has 0 spiro atoms. The fourth-order valence-corrected chi connectivity index (χ4v) is 4.35. The number of alkyl halides is 3. The van der Waals surface area contributed by atoms with Gasteiger partial charge in [-0.2, -0.15) is 13.2 Å². The summed E-state index contributed by atoms with van der Waals surface area (Å²) in [5.41, 5.74) is -2.33. The lowest BCUT2D eigenvalue weighted by atomic mass is 9.83. The highest BCUT2D eigenvalue weighted by Crippen LogP contribution is 2.47. The summed E-state index contributed by atoms with van der Waals surface area (Å²) < 4.78 is 46.4. The molecule has 0 radical (unpaired) electrons. The van der Waals surface area contributed by atoms with Gasteiger partial charge in [-0.05, 0) is 56.2 Å². The van der Waals surface area contributed by atoms with Crippen LogP contribution in [0, 0.1) is 0 Å². The molecule has 0 saturated heterocycles. The van der Waals surface area contributed by atoms with Crippen molar-refractivity contribution in [2.75, 3.05) is 4.90 Å². The summed E-state index contributed by atoms with van der Waals surface area (Å²) in [4.78, 5) is 28.4. The molecule has 0 fully saturated rings. The Bertz CT molecular complexity index is 1290. The van der Waals surface area contributed by atoms with Gasteiger partial charge in [-0.1, -0.05) is 60.1 Å². The van der Waals surface area contributed by atoms with E-state index in [0.717, 1.165) is 12.1 Å². The number of ether oxygens (including phenoxy) is 1. The van der Waals surface area contributed by atoms with E-state index in [9.17, 15) is 22.8 Å². The molecule has 0 unspecified atom stereocenters. The summed E-state index contributed by atoms with van der Waals surface area (Å²) in [6.45, 7) is 5.01. The number of hydrogen-bond donors (Lipinski definition) is 1. The molecule has 9 heteroatoms. The van der Waals surface area contributed by atoms with Gasteiger partial charge in [0.1, 0.15) is 5.60 Å². The Balaban J connectivity index is 1.94. The predicted molar refractivity (Wildman–Crippen MR) is 131 cm³/mol.